The Bertz CT molecular complexity index is 429. The third-order valence-electron chi connectivity index (χ3n) is 4.03. The maximum atomic E-state index is 12.3. The number of nitrogens with zero attached hydrogens (tertiary/aromatic N) is 1. The molecule has 3 heterocycles. The largest absolute Gasteiger partial charge is 0.381 e. The zero-order chi connectivity index (χ0) is 13.2. The van der Waals surface area contributed by atoms with E-state index < -0.39 is 0 Å². The Morgan fingerprint density at radius 1 is 1.58 bits per heavy atom. The molecule has 1 aromatic heterocycles. The summed E-state index contributed by atoms with van der Waals surface area (Å²) in [7, 11) is 0. The molecule has 2 aliphatic heterocycles. The van der Waals surface area contributed by atoms with Crippen molar-refractivity contribution in [2.75, 3.05) is 19.8 Å². The fourth-order valence-electron chi connectivity index (χ4n) is 2.85. The second-order valence-corrected chi connectivity index (χ2v) is 6.18. The van der Waals surface area contributed by atoms with E-state index in [0.29, 0.717) is 5.92 Å². The van der Waals surface area contributed by atoms with Crippen molar-refractivity contribution >= 4 is 17.2 Å². The summed E-state index contributed by atoms with van der Waals surface area (Å²) in [5, 5.41) is 7.57. The van der Waals surface area contributed by atoms with Crippen LogP contribution in [0.15, 0.2) is 16.8 Å². The van der Waals surface area contributed by atoms with Crippen LogP contribution in [0.1, 0.15) is 31.5 Å². The second kappa shape index (κ2) is 5.61. The van der Waals surface area contributed by atoms with E-state index >= 15 is 0 Å². The van der Waals surface area contributed by atoms with Crippen molar-refractivity contribution in [3.63, 3.8) is 0 Å². The molecule has 1 aromatic rings. The zero-order valence-corrected chi connectivity index (χ0v) is 12.0. The van der Waals surface area contributed by atoms with Gasteiger partial charge < -0.3 is 9.64 Å². The number of rotatable bonds is 4. The lowest BCUT2D eigenvalue weighted by molar-refractivity contribution is -0.130. The summed E-state index contributed by atoms with van der Waals surface area (Å²) >= 11 is 1.68. The molecule has 2 aliphatic rings. The molecule has 2 saturated heterocycles. The second-order valence-electron chi connectivity index (χ2n) is 5.40. The first-order valence-corrected chi connectivity index (χ1v) is 7.86. The summed E-state index contributed by atoms with van der Waals surface area (Å²) in [6, 6.07) is 2.02. The molecule has 3 unspecified atom stereocenters. The van der Waals surface area contributed by atoms with Crippen LogP contribution in [0, 0.1) is 5.92 Å². The van der Waals surface area contributed by atoms with Gasteiger partial charge in [-0.25, -0.2) is 0 Å². The van der Waals surface area contributed by atoms with Crippen molar-refractivity contribution in [2.45, 2.75) is 32.0 Å². The topological polar surface area (TPSA) is 41.6 Å². The summed E-state index contributed by atoms with van der Waals surface area (Å²) < 4.78 is 5.40. The van der Waals surface area contributed by atoms with E-state index in [-0.39, 0.29) is 18.1 Å². The van der Waals surface area contributed by atoms with E-state index in [1.165, 1.54) is 5.56 Å². The molecular weight excluding hydrogens is 260 g/mol. The molecule has 5 heteroatoms. The predicted octanol–water partition coefficient (Wildman–Crippen LogP) is 1.99. The monoisotopic (exact) mass is 280 g/mol. The number of amides is 1. The van der Waals surface area contributed by atoms with Gasteiger partial charge in [-0.2, -0.15) is 11.3 Å². The number of ether oxygens (including phenoxy) is 1. The van der Waals surface area contributed by atoms with Crippen molar-refractivity contribution < 1.29 is 9.53 Å². The Morgan fingerprint density at radius 3 is 3.16 bits per heavy atom. The lowest BCUT2D eigenvalue weighted by atomic mass is 10.0. The molecule has 3 atom stereocenters. The van der Waals surface area contributed by atoms with Gasteiger partial charge >= 0.3 is 0 Å². The summed E-state index contributed by atoms with van der Waals surface area (Å²) in [6.45, 7) is 4.50. The van der Waals surface area contributed by atoms with Crippen LogP contribution in [0.3, 0.4) is 0 Å². The van der Waals surface area contributed by atoms with Gasteiger partial charge in [-0.05, 0) is 48.1 Å². The highest BCUT2D eigenvalue weighted by atomic mass is 32.1. The lowest BCUT2D eigenvalue weighted by Gasteiger charge is -2.24. The molecular formula is C14H20N2O2S. The third kappa shape index (κ3) is 2.68. The van der Waals surface area contributed by atoms with E-state index in [0.717, 1.165) is 32.6 Å². The lowest BCUT2D eigenvalue weighted by Crippen LogP contribution is -2.32. The zero-order valence-electron chi connectivity index (χ0n) is 11.2. The summed E-state index contributed by atoms with van der Waals surface area (Å²) in [5.74, 6) is 0.835. The van der Waals surface area contributed by atoms with E-state index in [2.05, 4.69) is 22.1 Å². The van der Waals surface area contributed by atoms with Crippen LogP contribution in [0.25, 0.3) is 0 Å². The quantitative estimate of drug-likeness (QED) is 0.917. The fourth-order valence-corrected chi connectivity index (χ4v) is 3.53. The molecule has 0 aliphatic carbocycles. The van der Waals surface area contributed by atoms with Crippen LogP contribution >= 0.6 is 11.3 Å². The minimum absolute atomic E-state index is 0.0519. The molecule has 0 radical (unpaired) electrons. The Hall–Kier alpha value is -0.910. The molecule has 1 N–H and O–H groups in total. The van der Waals surface area contributed by atoms with Gasteiger partial charge in [-0.3, -0.25) is 10.1 Å². The van der Waals surface area contributed by atoms with Crippen LogP contribution in [-0.2, 0) is 9.53 Å². The number of thiophene rings is 1. The van der Waals surface area contributed by atoms with Crippen molar-refractivity contribution in [3.05, 3.63) is 22.4 Å². The molecule has 0 bridgehead atoms. The van der Waals surface area contributed by atoms with Crippen molar-refractivity contribution in [1.82, 2.24) is 10.2 Å². The van der Waals surface area contributed by atoms with Crippen LogP contribution in [0.4, 0.5) is 0 Å². The maximum absolute atomic E-state index is 12.3. The van der Waals surface area contributed by atoms with Gasteiger partial charge in [-0.15, -0.1) is 0 Å². The highest BCUT2D eigenvalue weighted by Crippen LogP contribution is 2.28. The van der Waals surface area contributed by atoms with Crippen molar-refractivity contribution in [3.8, 4) is 0 Å². The third-order valence-corrected chi connectivity index (χ3v) is 4.74. The standard InChI is InChI=1S/C14H20N2O2S/c1-10-14(17)16(5-2-11-3-6-18-8-11)13(15-10)12-4-7-19-9-12/h4,7,9-11,13,15H,2-3,5-6,8H2,1H3. The molecule has 2 fully saturated rings. The molecule has 4 nitrogen and oxygen atoms in total. The molecule has 0 saturated carbocycles. The van der Waals surface area contributed by atoms with E-state index in [9.17, 15) is 4.79 Å². The Labute approximate surface area is 117 Å². The van der Waals surface area contributed by atoms with Crippen LogP contribution in [-0.4, -0.2) is 36.6 Å². The highest BCUT2D eigenvalue weighted by molar-refractivity contribution is 7.07. The minimum atomic E-state index is -0.0790. The number of carbonyl (C=O) groups is 1. The Morgan fingerprint density at radius 2 is 2.47 bits per heavy atom. The minimum Gasteiger partial charge on any atom is -0.381 e. The molecule has 0 spiro atoms. The first-order chi connectivity index (χ1) is 9.25. The van der Waals surface area contributed by atoms with E-state index in [4.69, 9.17) is 4.74 Å². The van der Waals surface area contributed by atoms with Crippen LogP contribution in [0.5, 0.6) is 0 Å². The van der Waals surface area contributed by atoms with Gasteiger partial charge in [0.05, 0.1) is 6.04 Å². The molecule has 0 aromatic carbocycles. The predicted molar refractivity (Wildman–Crippen MR) is 74.9 cm³/mol. The van der Waals surface area contributed by atoms with Gasteiger partial charge in [0.15, 0.2) is 0 Å². The van der Waals surface area contributed by atoms with Gasteiger partial charge in [0.25, 0.3) is 0 Å². The normalized spacial score (nSPS) is 31.3. The first kappa shape index (κ1) is 13.1. The van der Waals surface area contributed by atoms with Gasteiger partial charge in [0, 0.05) is 19.8 Å². The van der Waals surface area contributed by atoms with Gasteiger partial charge in [0.2, 0.25) is 5.91 Å². The number of nitrogens with one attached hydrogen (secondary N) is 1. The van der Waals surface area contributed by atoms with Gasteiger partial charge in [-0.1, -0.05) is 0 Å². The van der Waals surface area contributed by atoms with E-state index in [1.807, 2.05) is 11.8 Å². The first-order valence-electron chi connectivity index (χ1n) is 6.92. The van der Waals surface area contributed by atoms with Crippen molar-refractivity contribution in [2.24, 2.45) is 5.92 Å². The van der Waals surface area contributed by atoms with E-state index in [1.54, 1.807) is 11.3 Å². The van der Waals surface area contributed by atoms with Crippen molar-refractivity contribution in [1.29, 1.82) is 0 Å². The smallest absolute Gasteiger partial charge is 0.241 e. The molecule has 1 amide bonds. The molecule has 19 heavy (non-hydrogen) atoms. The summed E-state index contributed by atoms with van der Waals surface area (Å²) in [6.07, 6.45) is 2.23. The number of hydrogen-bond acceptors (Lipinski definition) is 4. The molecule has 104 valence electrons. The Balaban J connectivity index is 1.67. The van der Waals surface area contributed by atoms with Crippen LogP contribution < -0.4 is 5.32 Å². The average Bonchev–Trinajstić information content (AvgIpc) is 3.12. The van der Waals surface area contributed by atoms with Crippen LogP contribution in [0.2, 0.25) is 0 Å². The van der Waals surface area contributed by atoms with Gasteiger partial charge in [0.1, 0.15) is 6.17 Å². The Kier molecular flexibility index (Phi) is 3.86. The number of carbonyl (C=O) groups excluding carboxylic acids is 1. The highest BCUT2D eigenvalue weighted by Gasteiger charge is 2.37. The fraction of sp³-hybridized carbons (Fsp3) is 0.643. The number of hydrogen-bond donors (Lipinski definition) is 1. The maximum Gasteiger partial charge on any atom is 0.241 e. The average molecular weight is 280 g/mol. The summed E-state index contributed by atoms with van der Waals surface area (Å²) in [5.41, 5.74) is 1.20. The molecule has 3 rings (SSSR count). The summed E-state index contributed by atoms with van der Waals surface area (Å²) in [4.78, 5) is 14.2. The SMILES string of the molecule is CC1NC(c2ccsc2)N(CCC2CCOC2)C1=O.